The first kappa shape index (κ1) is 19.9. The van der Waals surface area contributed by atoms with Crippen molar-refractivity contribution in [3.63, 3.8) is 0 Å². The Balaban J connectivity index is 2.68. The average molecular weight is 409 g/mol. The monoisotopic (exact) mass is 408 g/mol. The maximum absolute atomic E-state index is 12.6. The predicted octanol–water partition coefficient (Wildman–Crippen LogP) is 2.22. The summed E-state index contributed by atoms with van der Waals surface area (Å²) in [6.07, 6.45) is 0.716. The van der Waals surface area contributed by atoms with Crippen molar-refractivity contribution >= 4 is 43.5 Å². The molecule has 0 fully saturated rings. The Hall–Kier alpha value is -1.46. The van der Waals surface area contributed by atoms with Gasteiger partial charge in [-0.15, -0.1) is 11.3 Å². The largest absolute Gasteiger partial charge is 0.453 e. The lowest BCUT2D eigenvalue weighted by molar-refractivity contribution is 0.104. The number of carbonyl (C=O) groups is 1. The smallest absolute Gasteiger partial charge is 0.409 e. The van der Waals surface area contributed by atoms with E-state index in [-0.39, 0.29) is 14.8 Å². The first-order chi connectivity index (χ1) is 11.6. The highest BCUT2D eigenvalue weighted by atomic mass is 32.3. The third kappa shape index (κ3) is 3.44. The number of ether oxygens (including phenoxy) is 1. The van der Waals surface area contributed by atoms with Gasteiger partial charge >= 0.3 is 6.09 Å². The standard InChI is InChI=1S/C14H20N2O6S3/c1-5-15-25(20,21)12-8-10-11(16(6-2)14(17)22-4)7-9(3)24(18,19)13(10)23-12/h5,8-9,11H,6-7H2,1-4H3/b15-5+/t9-,11-/m0/s1. The van der Waals surface area contributed by atoms with Crippen LogP contribution in [0.15, 0.2) is 18.9 Å². The van der Waals surface area contributed by atoms with Gasteiger partial charge in [0.2, 0.25) is 0 Å². The Morgan fingerprint density at radius 1 is 1.52 bits per heavy atom. The van der Waals surface area contributed by atoms with E-state index < -0.39 is 37.2 Å². The fourth-order valence-corrected chi connectivity index (χ4v) is 7.63. The maximum atomic E-state index is 12.6. The molecular formula is C14H20N2O6S3. The Labute approximate surface area is 151 Å². The summed E-state index contributed by atoms with van der Waals surface area (Å²) in [5, 5.41) is -0.743. The van der Waals surface area contributed by atoms with Gasteiger partial charge in [-0.05, 0) is 33.3 Å². The van der Waals surface area contributed by atoms with E-state index in [4.69, 9.17) is 4.74 Å². The topological polar surface area (TPSA) is 110 Å². The van der Waals surface area contributed by atoms with Gasteiger partial charge in [0.25, 0.3) is 10.0 Å². The normalized spacial score (nSPS) is 22.6. The number of methoxy groups -OCH3 is 1. The molecule has 1 aliphatic rings. The van der Waals surface area contributed by atoms with Crippen molar-refractivity contribution < 1.29 is 26.4 Å². The molecular weight excluding hydrogens is 388 g/mol. The fraction of sp³-hybridized carbons (Fsp3) is 0.571. The Bertz CT molecular complexity index is 901. The van der Waals surface area contributed by atoms with Crippen molar-refractivity contribution in [2.24, 2.45) is 4.40 Å². The zero-order valence-corrected chi connectivity index (χ0v) is 16.7. The average Bonchev–Trinajstić information content (AvgIpc) is 3.00. The van der Waals surface area contributed by atoms with E-state index >= 15 is 0 Å². The molecule has 0 spiro atoms. The van der Waals surface area contributed by atoms with E-state index in [1.165, 1.54) is 25.0 Å². The van der Waals surface area contributed by atoms with Crippen LogP contribution in [0.4, 0.5) is 4.79 Å². The Morgan fingerprint density at radius 3 is 2.68 bits per heavy atom. The van der Waals surface area contributed by atoms with E-state index in [2.05, 4.69) is 4.40 Å². The molecule has 0 saturated heterocycles. The molecule has 8 nitrogen and oxygen atoms in total. The number of thiophene rings is 1. The summed E-state index contributed by atoms with van der Waals surface area (Å²) in [5.74, 6) is 0. The number of hydrogen-bond donors (Lipinski definition) is 0. The highest BCUT2D eigenvalue weighted by Crippen LogP contribution is 2.45. The Kier molecular flexibility index (Phi) is 5.59. The van der Waals surface area contributed by atoms with Gasteiger partial charge in [-0.25, -0.2) is 13.2 Å². The summed E-state index contributed by atoms with van der Waals surface area (Å²) < 4.78 is 57.7. The van der Waals surface area contributed by atoms with Crippen LogP contribution in [0.25, 0.3) is 0 Å². The zero-order chi connectivity index (χ0) is 19.0. The SMILES string of the molecule is C/C=N/S(=O)(=O)c1cc2c(s1)S(=O)(=O)[C@@H](C)C[C@@H]2N(CC)C(=O)OC. The second-order valence-electron chi connectivity index (χ2n) is 5.51. The van der Waals surface area contributed by atoms with E-state index in [0.717, 1.165) is 6.21 Å². The van der Waals surface area contributed by atoms with Crippen LogP contribution in [-0.4, -0.2) is 52.9 Å². The molecule has 2 heterocycles. The predicted molar refractivity (Wildman–Crippen MR) is 94.5 cm³/mol. The number of hydrogen-bond acceptors (Lipinski definition) is 7. The second kappa shape index (κ2) is 7.04. The van der Waals surface area contributed by atoms with E-state index in [1.807, 2.05) is 0 Å². The minimum Gasteiger partial charge on any atom is -0.453 e. The minimum absolute atomic E-state index is 0.0246. The van der Waals surface area contributed by atoms with Gasteiger partial charge < -0.3 is 9.64 Å². The quantitative estimate of drug-likeness (QED) is 0.707. The van der Waals surface area contributed by atoms with Gasteiger partial charge in [-0.2, -0.15) is 12.8 Å². The molecule has 1 amide bonds. The highest BCUT2D eigenvalue weighted by Gasteiger charge is 2.42. The van der Waals surface area contributed by atoms with Crippen molar-refractivity contribution in [2.45, 2.75) is 46.9 Å². The van der Waals surface area contributed by atoms with E-state index in [9.17, 15) is 21.6 Å². The molecule has 140 valence electrons. The second-order valence-corrected chi connectivity index (χ2v) is 11.0. The molecule has 0 bridgehead atoms. The fourth-order valence-electron chi connectivity index (χ4n) is 2.78. The summed E-state index contributed by atoms with van der Waals surface area (Å²) in [6, 6.07) is 0.735. The molecule has 0 N–H and O–H groups in total. The van der Waals surface area contributed by atoms with Crippen LogP contribution in [0.5, 0.6) is 0 Å². The van der Waals surface area contributed by atoms with Gasteiger partial charge in [0.1, 0.15) is 8.42 Å². The third-order valence-electron chi connectivity index (χ3n) is 4.03. The lowest BCUT2D eigenvalue weighted by Gasteiger charge is -2.34. The number of rotatable bonds is 4. The number of nitrogens with zero attached hydrogens (tertiary/aromatic N) is 2. The van der Waals surface area contributed by atoms with Crippen LogP contribution >= 0.6 is 11.3 Å². The van der Waals surface area contributed by atoms with Gasteiger partial charge in [0.05, 0.1) is 18.4 Å². The molecule has 0 unspecified atom stereocenters. The lowest BCUT2D eigenvalue weighted by atomic mass is 10.0. The van der Waals surface area contributed by atoms with E-state index in [1.54, 1.807) is 13.8 Å². The molecule has 1 aromatic rings. The zero-order valence-electron chi connectivity index (χ0n) is 14.3. The van der Waals surface area contributed by atoms with Crippen LogP contribution in [0.1, 0.15) is 38.8 Å². The maximum Gasteiger partial charge on any atom is 0.409 e. The van der Waals surface area contributed by atoms with Gasteiger partial charge in [0, 0.05) is 18.3 Å². The summed E-state index contributed by atoms with van der Waals surface area (Å²) in [4.78, 5) is 13.4. The molecule has 1 aromatic heterocycles. The molecule has 0 aliphatic carbocycles. The van der Waals surface area contributed by atoms with Gasteiger partial charge in [-0.3, -0.25) is 0 Å². The highest BCUT2D eigenvalue weighted by molar-refractivity contribution is 7.96. The first-order valence-electron chi connectivity index (χ1n) is 7.57. The first-order valence-corrected chi connectivity index (χ1v) is 11.4. The minimum atomic E-state index is -3.96. The summed E-state index contributed by atoms with van der Waals surface area (Å²) in [7, 11) is -6.38. The lowest BCUT2D eigenvalue weighted by Crippen LogP contribution is -2.40. The third-order valence-corrected chi connectivity index (χ3v) is 9.72. The van der Waals surface area contributed by atoms with Crippen molar-refractivity contribution in [2.75, 3.05) is 13.7 Å². The summed E-state index contributed by atoms with van der Waals surface area (Å²) in [6.45, 7) is 5.06. The van der Waals surface area contributed by atoms with Crippen molar-refractivity contribution in [1.29, 1.82) is 0 Å². The molecule has 25 heavy (non-hydrogen) atoms. The van der Waals surface area contributed by atoms with Crippen molar-refractivity contribution in [1.82, 2.24) is 4.90 Å². The number of sulfonamides is 1. The van der Waals surface area contributed by atoms with Crippen LogP contribution in [0, 0.1) is 0 Å². The van der Waals surface area contributed by atoms with E-state index in [0.29, 0.717) is 23.4 Å². The number of fused-ring (bicyclic) bond motifs is 1. The van der Waals surface area contributed by atoms with Crippen LogP contribution in [-0.2, 0) is 24.6 Å². The van der Waals surface area contributed by atoms with Crippen molar-refractivity contribution in [3.8, 4) is 0 Å². The van der Waals surface area contributed by atoms with Crippen molar-refractivity contribution in [3.05, 3.63) is 11.6 Å². The molecule has 0 aromatic carbocycles. The molecule has 0 radical (unpaired) electrons. The molecule has 2 atom stereocenters. The van der Waals surface area contributed by atoms with Crippen LogP contribution < -0.4 is 0 Å². The molecule has 1 aliphatic heterocycles. The summed E-state index contributed by atoms with van der Waals surface area (Å²) in [5.41, 5.74) is 0.306. The number of amides is 1. The van der Waals surface area contributed by atoms with Crippen LogP contribution in [0.3, 0.4) is 0 Å². The molecule has 2 rings (SSSR count). The van der Waals surface area contributed by atoms with Gasteiger partial charge in [0.15, 0.2) is 9.84 Å². The number of carbonyl (C=O) groups excluding carboxylic acids is 1. The molecule has 11 heteroatoms. The summed E-state index contributed by atoms with van der Waals surface area (Å²) >= 11 is 0.675. The number of sulfone groups is 1. The van der Waals surface area contributed by atoms with Crippen LogP contribution in [0.2, 0.25) is 0 Å². The molecule has 0 saturated carbocycles. The van der Waals surface area contributed by atoms with Gasteiger partial charge in [-0.1, -0.05) is 0 Å². The Morgan fingerprint density at radius 2 is 2.16 bits per heavy atom.